The third-order valence-electron chi connectivity index (χ3n) is 2.82. The predicted molar refractivity (Wildman–Crippen MR) is 86.2 cm³/mol. The van der Waals surface area contributed by atoms with E-state index in [-0.39, 0.29) is 0 Å². The van der Waals surface area contributed by atoms with Gasteiger partial charge in [-0.25, -0.2) is 0 Å². The van der Waals surface area contributed by atoms with Gasteiger partial charge in [0.25, 0.3) is 0 Å². The van der Waals surface area contributed by atoms with Gasteiger partial charge < -0.3 is 9.84 Å². The molecule has 2 aromatic carbocycles. The van der Waals surface area contributed by atoms with Crippen molar-refractivity contribution in [2.24, 2.45) is 0 Å². The van der Waals surface area contributed by atoms with Crippen molar-refractivity contribution in [3.05, 3.63) is 61.0 Å². The summed E-state index contributed by atoms with van der Waals surface area (Å²) in [6, 6.07) is 8.32. The Morgan fingerprint density at radius 2 is 1.75 bits per heavy atom. The van der Waals surface area contributed by atoms with Gasteiger partial charge in [-0.15, -0.1) is 0 Å². The molecule has 1 N–H and O–H groups in total. The van der Waals surface area contributed by atoms with E-state index in [1.165, 1.54) is 7.11 Å². The van der Waals surface area contributed by atoms with Gasteiger partial charge in [-0.1, -0.05) is 50.7 Å². The first-order valence-corrected chi connectivity index (χ1v) is 7.52. The topological polar surface area (TPSA) is 29.5 Å². The lowest BCUT2D eigenvalue weighted by Crippen LogP contribution is -2.02. The second-order valence-electron chi connectivity index (χ2n) is 4.08. The fraction of sp³-hybridized carbons (Fsp3) is 0.143. The molecule has 2 rings (SSSR count). The highest BCUT2D eigenvalue weighted by atomic mass is 79.9. The van der Waals surface area contributed by atoms with Crippen LogP contribution < -0.4 is 4.74 Å². The van der Waals surface area contributed by atoms with E-state index in [9.17, 15) is 5.11 Å². The maximum atomic E-state index is 10.5. The van der Waals surface area contributed by atoms with E-state index in [1.54, 1.807) is 30.3 Å². The normalized spacial score (nSPS) is 12.3. The molecule has 6 heteroatoms. The number of rotatable bonds is 3. The lowest BCUT2D eigenvalue weighted by Gasteiger charge is -2.16. The Hall–Kier alpha value is -0.450. The Morgan fingerprint density at radius 1 is 1.05 bits per heavy atom. The van der Waals surface area contributed by atoms with Gasteiger partial charge in [0.15, 0.2) is 0 Å². The van der Waals surface area contributed by atoms with Crippen LogP contribution in [0.3, 0.4) is 0 Å². The summed E-state index contributed by atoms with van der Waals surface area (Å²) < 4.78 is 5.81. The third kappa shape index (κ3) is 3.23. The number of halogens is 4. The molecule has 0 fully saturated rings. The monoisotopic (exact) mass is 394 g/mol. The number of benzene rings is 2. The Morgan fingerprint density at radius 3 is 2.40 bits per heavy atom. The molecule has 0 bridgehead atoms. The van der Waals surface area contributed by atoms with Gasteiger partial charge in [-0.2, -0.15) is 0 Å². The standard InChI is InChI=1S/C14H10BrCl3O2/c1-20-13-6-11(17)9(5-12(13)18)14(19)8-4-7(16)2-3-10(8)15/h2-6,14,19H,1H3. The van der Waals surface area contributed by atoms with Crippen LogP contribution in [0, 0.1) is 0 Å². The third-order valence-corrected chi connectivity index (χ3v) is 4.40. The van der Waals surface area contributed by atoms with Crippen molar-refractivity contribution in [2.45, 2.75) is 6.10 Å². The molecule has 106 valence electrons. The summed E-state index contributed by atoms with van der Waals surface area (Å²) in [6.45, 7) is 0. The fourth-order valence-electron chi connectivity index (χ4n) is 1.80. The summed E-state index contributed by atoms with van der Waals surface area (Å²) in [5, 5.41) is 11.8. The number of hydrogen-bond donors (Lipinski definition) is 1. The molecule has 2 aromatic rings. The molecule has 0 aliphatic rings. The summed E-state index contributed by atoms with van der Waals surface area (Å²) in [7, 11) is 1.50. The number of aliphatic hydroxyl groups excluding tert-OH is 1. The first-order valence-electron chi connectivity index (χ1n) is 5.60. The van der Waals surface area contributed by atoms with Crippen molar-refractivity contribution in [2.75, 3.05) is 7.11 Å². The molecule has 0 spiro atoms. The molecule has 2 nitrogen and oxygen atoms in total. The Balaban J connectivity index is 2.50. The van der Waals surface area contributed by atoms with Crippen molar-refractivity contribution in [3.8, 4) is 5.75 Å². The van der Waals surface area contributed by atoms with E-state index < -0.39 is 6.10 Å². The highest BCUT2D eigenvalue weighted by Crippen LogP contribution is 2.38. The molecule has 0 aliphatic carbocycles. The minimum absolute atomic E-state index is 0.366. The van der Waals surface area contributed by atoms with Crippen LogP contribution in [-0.2, 0) is 0 Å². The van der Waals surface area contributed by atoms with Gasteiger partial charge in [0.05, 0.1) is 17.2 Å². The van der Waals surface area contributed by atoms with E-state index >= 15 is 0 Å². The van der Waals surface area contributed by atoms with Crippen LogP contribution in [-0.4, -0.2) is 12.2 Å². The summed E-state index contributed by atoms with van der Waals surface area (Å²) in [5.41, 5.74) is 1.10. The van der Waals surface area contributed by atoms with Gasteiger partial charge in [0, 0.05) is 26.7 Å². The average Bonchev–Trinajstić information content (AvgIpc) is 2.42. The maximum Gasteiger partial charge on any atom is 0.138 e. The molecule has 0 amide bonds. The van der Waals surface area contributed by atoms with E-state index in [0.29, 0.717) is 31.9 Å². The predicted octanol–water partition coefficient (Wildman–Crippen LogP) is 5.50. The SMILES string of the molecule is COc1cc(Cl)c(C(O)c2cc(Cl)ccc2Br)cc1Cl. The number of hydrogen-bond acceptors (Lipinski definition) is 2. The molecule has 0 aromatic heterocycles. The zero-order valence-corrected chi connectivity index (χ0v) is 14.2. The summed E-state index contributed by atoms with van der Waals surface area (Å²) >= 11 is 21.6. The number of methoxy groups -OCH3 is 1. The molecule has 0 radical (unpaired) electrons. The van der Waals surface area contributed by atoms with Crippen LogP contribution >= 0.6 is 50.7 Å². The minimum atomic E-state index is -0.945. The number of aliphatic hydroxyl groups is 1. The van der Waals surface area contributed by atoms with Crippen molar-refractivity contribution >= 4 is 50.7 Å². The van der Waals surface area contributed by atoms with Gasteiger partial charge in [0.1, 0.15) is 11.9 Å². The van der Waals surface area contributed by atoms with Crippen LogP contribution in [0.15, 0.2) is 34.8 Å². The largest absolute Gasteiger partial charge is 0.495 e. The van der Waals surface area contributed by atoms with E-state index in [4.69, 9.17) is 39.5 Å². The van der Waals surface area contributed by atoms with Gasteiger partial charge in [-0.3, -0.25) is 0 Å². The van der Waals surface area contributed by atoms with Crippen molar-refractivity contribution < 1.29 is 9.84 Å². The molecule has 1 atom stereocenters. The first kappa shape index (κ1) is 15.9. The zero-order valence-electron chi connectivity index (χ0n) is 10.3. The first-order chi connectivity index (χ1) is 9.43. The van der Waals surface area contributed by atoms with Crippen LogP contribution in [0.25, 0.3) is 0 Å². The van der Waals surface area contributed by atoms with Crippen LogP contribution in [0.5, 0.6) is 5.75 Å². The Bertz CT molecular complexity index is 647. The van der Waals surface area contributed by atoms with Crippen LogP contribution in [0.4, 0.5) is 0 Å². The average molecular weight is 396 g/mol. The van der Waals surface area contributed by atoms with Crippen molar-refractivity contribution in [1.29, 1.82) is 0 Å². The molecule has 0 heterocycles. The van der Waals surface area contributed by atoms with Crippen LogP contribution in [0.1, 0.15) is 17.2 Å². The quantitative estimate of drug-likeness (QED) is 0.742. The molecule has 1 unspecified atom stereocenters. The van der Waals surface area contributed by atoms with Crippen LogP contribution in [0.2, 0.25) is 15.1 Å². The molecule has 0 aliphatic heterocycles. The maximum absolute atomic E-state index is 10.5. The van der Waals surface area contributed by atoms with Crippen molar-refractivity contribution in [3.63, 3.8) is 0 Å². The molecular weight excluding hydrogens is 386 g/mol. The summed E-state index contributed by atoms with van der Waals surface area (Å²) in [4.78, 5) is 0. The minimum Gasteiger partial charge on any atom is -0.495 e. The fourth-order valence-corrected chi connectivity index (χ4v) is 2.95. The second-order valence-corrected chi connectivity index (χ2v) is 6.18. The molecular formula is C14H10BrCl3O2. The van der Waals surface area contributed by atoms with E-state index in [0.717, 1.165) is 4.47 Å². The van der Waals surface area contributed by atoms with E-state index in [2.05, 4.69) is 15.9 Å². The van der Waals surface area contributed by atoms with E-state index in [1.807, 2.05) is 0 Å². The molecule has 0 saturated heterocycles. The van der Waals surface area contributed by atoms with Gasteiger partial charge in [0.2, 0.25) is 0 Å². The molecule has 0 saturated carbocycles. The van der Waals surface area contributed by atoms with Gasteiger partial charge in [-0.05, 0) is 24.3 Å². The lowest BCUT2D eigenvalue weighted by molar-refractivity contribution is 0.219. The highest BCUT2D eigenvalue weighted by molar-refractivity contribution is 9.10. The molecule has 20 heavy (non-hydrogen) atoms. The summed E-state index contributed by atoms with van der Waals surface area (Å²) in [5.74, 6) is 0.456. The Labute approximate surface area is 140 Å². The second kappa shape index (κ2) is 6.54. The smallest absolute Gasteiger partial charge is 0.138 e. The zero-order chi connectivity index (χ0) is 14.9. The highest BCUT2D eigenvalue weighted by Gasteiger charge is 2.19. The van der Waals surface area contributed by atoms with Gasteiger partial charge >= 0.3 is 0 Å². The van der Waals surface area contributed by atoms with Crippen molar-refractivity contribution in [1.82, 2.24) is 0 Å². The number of ether oxygens (including phenoxy) is 1. The lowest BCUT2D eigenvalue weighted by atomic mass is 10.0. The Kier molecular flexibility index (Phi) is 5.21. The summed E-state index contributed by atoms with van der Waals surface area (Å²) in [6.07, 6.45) is -0.945.